The van der Waals surface area contributed by atoms with Gasteiger partial charge in [-0.05, 0) is 38.5 Å². The minimum atomic E-state index is -0.619. The Morgan fingerprint density at radius 1 is 1.27 bits per heavy atom. The number of ether oxygens (including phenoxy) is 4. The van der Waals surface area contributed by atoms with Gasteiger partial charge in [-0.1, -0.05) is 6.07 Å². The molecule has 1 N–H and O–H groups in total. The molecule has 0 aliphatic carbocycles. The third-order valence-corrected chi connectivity index (χ3v) is 5.25. The lowest BCUT2D eigenvalue weighted by atomic mass is 10.1. The van der Waals surface area contributed by atoms with Crippen molar-refractivity contribution in [2.24, 2.45) is 0 Å². The van der Waals surface area contributed by atoms with Gasteiger partial charge in [0, 0.05) is 18.3 Å². The molecule has 1 saturated heterocycles. The summed E-state index contributed by atoms with van der Waals surface area (Å²) in [5.41, 5.74) is 3.59. The minimum absolute atomic E-state index is 0.178. The van der Waals surface area contributed by atoms with E-state index in [4.69, 9.17) is 18.9 Å². The molecular formula is C21H22N4O5. The van der Waals surface area contributed by atoms with E-state index in [1.165, 1.54) is 0 Å². The molecule has 1 aromatic carbocycles. The van der Waals surface area contributed by atoms with Crippen LogP contribution in [0, 0.1) is 6.92 Å². The van der Waals surface area contributed by atoms with Gasteiger partial charge in [0.15, 0.2) is 22.9 Å². The van der Waals surface area contributed by atoms with Gasteiger partial charge in [-0.3, -0.25) is 4.79 Å². The van der Waals surface area contributed by atoms with E-state index in [1.54, 1.807) is 16.9 Å². The van der Waals surface area contributed by atoms with Gasteiger partial charge in [0.05, 0.1) is 24.1 Å². The molecule has 9 heteroatoms. The largest absolute Gasteiger partial charge is 0.454 e. The summed E-state index contributed by atoms with van der Waals surface area (Å²) in [6.07, 6.45) is 3.14. The first kappa shape index (κ1) is 18.8. The molecule has 0 saturated carbocycles. The van der Waals surface area contributed by atoms with Crippen LogP contribution >= 0.6 is 0 Å². The van der Waals surface area contributed by atoms with E-state index >= 15 is 0 Å². The molecule has 5 rings (SSSR count). The van der Waals surface area contributed by atoms with E-state index in [0.29, 0.717) is 35.8 Å². The minimum Gasteiger partial charge on any atom is -0.454 e. The van der Waals surface area contributed by atoms with Gasteiger partial charge in [0.1, 0.15) is 6.10 Å². The van der Waals surface area contributed by atoms with Crippen molar-refractivity contribution in [3.05, 3.63) is 41.9 Å². The number of hydrogen-bond acceptors (Lipinski definition) is 7. The summed E-state index contributed by atoms with van der Waals surface area (Å²) in [4.78, 5) is 17.2. The monoisotopic (exact) mass is 410 g/mol. The molecule has 3 aromatic rings. The zero-order valence-corrected chi connectivity index (χ0v) is 17.0. The Balaban J connectivity index is 1.38. The van der Waals surface area contributed by atoms with Gasteiger partial charge >= 0.3 is 0 Å². The number of hydrogen-bond donors (Lipinski definition) is 1. The number of aryl methyl sites for hydroxylation is 1. The number of nitrogens with one attached hydrogen (secondary N) is 1. The summed E-state index contributed by atoms with van der Waals surface area (Å²) in [7, 11) is 0. The smallest absolute Gasteiger partial charge is 0.254 e. The third kappa shape index (κ3) is 3.25. The predicted molar refractivity (Wildman–Crippen MR) is 107 cm³/mol. The Kier molecular flexibility index (Phi) is 4.37. The molecule has 2 aromatic heterocycles. The Labute approximate surface area is 172 Å². The number of amides is 1. The molecule has 2 aliphatic rings. The maximum absolute atomic E-state index is 12.7. The maximum atomic E-state index is 12.7. The molecule has 9 nitrogen and oxygen atoms in total. The number of carbonyl (C=O) groups excluding carboxylic acids is 1. The molecular weight excluding hydrogens is 388 g/mol. The third-order valence-electron chi connectivity index (χ3n) is 5.25. The lowest BCUT2D eigenvalue weighted by molar-refractivity contribution is -0.137. The summed E-state index contributed by atoms with van der Waals surface area (Å²) >= 11 is 0. The summed E-state index contributed by atoms with van der Waals surface area (Å²) in [5.74, 6) is 0.570. The van der Waals surface area contributed by atoms with Crippen molar-refractivity contribution < 1.29 is 23.7 Å². The first-order valence-corrected chi connectivity index (χ1v) is 9.75. The van der Waals surface area contributed by atoms with Crippen LogP contribution in [-0.4, -0.2) is 52.3 Å². The van der Waals surface area contributed by atoms with Gasteiger partial charge in [-0.2, -0.15) is 5.10 Å². The van der Waals surface area contributed by atoms with Crippen molar-refractivity contribution in [3.63, 3.8) is 0 Å². The highest BCUT2D eigenvalue weighted by atomic mass is 16.7. The molecule has 156 valence electrons. The van der Waals surface area contributed by atoms with Gasteiger partial charge in [0.2, 0.25) is 6.79 Å². The van der Waals surface area contributed by atoms with Crippen LogP contribution in [0.2, 0.25) is 0 Å². The predicted octanol–water partition coefficient (Wildman–Crippen LogP) is 2.31. The second-order valence-corrected chi connectivity index (χ2v) is 7.78. The molecule has 0 unspecified atom stereocenters. The summed E-state index contributed by atoms with van der Waals surface area (Å²) in [6.45, 7) is 6.58. The Hall–Kier alpha value is -3.17. The lowest BCUT2D eigenvalue weighted by Crippen LogP contribution is -2.35. The highest BCUT2D eigenvalue weighted by Crippen LogP contribution is 2.36. The first-order chi connectivity index (χ1) is 14.4. The van der Waals surface area contributed by atoms with Crippen molar-refractivity contribution in [1.82, 2.24) is 19.9 Å². The number of fused-ring (bicyclic) bond motifs is 2. The van der Waals surface area contributed by atoms with Gasteiger partial charge in [0.25, 0.3) is 5.91 Å². The fourth-order valence-corrected chi connectivity index (χ4v) is 3.70. The quantitative estimate of drug-likeness (QED) is 0.705. The SMILES string of the molecule is Cc1c(C(=O)NC[C@@H]2COC(C)(C)O2)cnc2c(-c3ccc4c(c3)OCO4)cnn12. The topological polar surface area (TPSA) is 96.2 Å². The number of rotatable bonds is 4. The lowest BCUT2D eigenvalue weighted by Gasteiger charge is -2.17. The second-order valence-electron chi connectivity index (χ2n) is 7.78. The van der Waals surface area contributed by atoms with E-state index in [2.05, 4.69) is 15.4 Å². The Morgan fingerprint density at radius 2 is 2.10 bits per heavy atom. The molecule has 2 aliphatic heterocycles. The van der Waals surface area contributed by atoms with Crippen LogP contribution in [-0.2, 0) is 9.47 Å². The number of carbonyl (C=O) groups is 1. The number of nitrogens with zero attached hydrogens (tertiary/aromatic N) is 3. The fourth-order valence-electron chi connectivity index (χ4n) is 3.70. The zero-order valence-electron chi connectivity index (χ0n) is 17.0. The Morgan fingerprint density at radius 3 is 2.90 bits per heavy atom. The van der Waals surface area contributed by atoms with E-state index in [9.17, 15) is 4.79 Å². The van der Waals surface area contributed by atoms with Gasteiger partial charge in [-0.25, -0.2) is 9.50 Å². The highest BCUT2D eigenvalue weighted by Gasteiger charge is 2.32. The number of benzene rings is 1. The van der Waals surface area contributed by atoms with Crippen LogP contribution < -0.4 is 14.8 Å². The average molecular weight is 410 g/mol. The van der Waals surface area contributed by atoms with Crippen LogP contribution in [0.5, 0.6) is 11.5 Å². The normalized spacial score (nSPS) is 19.4. The maximum Gasteiger partial charge on any atom is 0.254 e. The van der Waals surface area contributed by atoms with Crippen LogP contribution in [0.3, 0.4) is 0 Å². The van der Waals surface area contributed by atoms with Crippen LogP contribution in [0.4, 0.5) is 0 Å². The van der Waals surface area contributed by atoms with Gasteiger partial charge in [-0.15, -0.1) is 0 Å². The van der Waals surface area contributed by atoms with Gasteiger partial charge < -0.3 is 24.3 Å². The molecule has 4 heterocycles. The van der Waals surface area contributed by atoms with E-state index in [0.717, 1.165) is 16.9 Å². The molecule has 1 atom stereocenters. The van der Waals surface area contributed by atoms with Crippen molar-refractivity contribution in [2.45, 2.75) is 32.7 Å². The molecule has 30 heavy (non-hydrogen) atoms. The van der Waals surface area contributed by atoms with Crippen molar-refractivity contribution in [2.75, 3.05) is 19.9 Å². The van der Waals surface area contributed by atoms with E-state index in [1.807, 2.05) is 39.0 Å². The van der Waals surface area contributed by atoms with Crippen LogP contribution in [0.1, 0.15) is 29.9 Å². The standard InChI is InChI=1S/C21H22N4O5/c1-12-15(20(26)23-7-14-10-29-21(2,3)30-14)8-22-19-16(9-24-25(12)19)13-4-5-17-18(6-13)28-11-27-17/h4-6,8-9,14H,7,10-11H2,1-3H3,(H,23,26)/t14-/m1/s1. The molecule has 0 spiro atoms. The number of aromatic nitrogens is 3. The summed E-state index contributed by atoms with van der Waals surface area (Å²) < 4.78 is 23.8. The first-order valence-electron chi connectivity index (χ1n) is 9.75. The molecule has 0 bridgehead atoms. The second kappa shape index (κ2) is 6.96. The fraction of sp³-hybridized carbons (Fsp3) is 0.381. The van der Waals surface area contributed by atoms with Crippen molar-refractivity contribution >= 4 is 11.6 Å². The van der Waals surface area contributed by atoms with Crippen molar-refractivity contribution in [3.8, 4) is 22.6 Å². The van der Waals surface area contributed by atoms with Crippen LogP contribution in [0.25, 0.3) is 16.8 Å². The molecule has 1 fully saturated rings. The summed E-state index contributed by atoms with van der Waals surface area (Å²) in [5, 5.41) is 7.34. The Bertz CT molecular complexity index is 1140. The van der Waals surface area contributed by atoms with E-state index in [-0.39, 0.29) is 18.8 Å². The average Bonchev–Trinajstić information content (AvgIpc) is 3.43. The molecule has 0 radical (unpaired) electrons. The highest BCUT2D eigenvalue weighted by molar-refractivity contribution is 5.95. The molecule has 1 amide bonds. The zero-order chi connectivity index (χ0) is 20.9. The van der Waals surface area contributed by atoms with Crippen LogP contribution in [0.15, 0.2) is 30.6 Å². The summed E-state index contributed by atoms with van der Waals surface area (Å²) in [6, 6.07) is 5.71. The van der Waals surface area contributed by atoms with Crippen molar-refractivity contribution in [1.29, 1.82) is 0 Å². The van der Waals surface area contributed by atoms with E-state index < -0.39 is 5.79 Å².